The SMILES string of the molecule is CC(N=NCCOCCC1CCCCC1)C(=O)O. The van der Waals surface area contributed by atoms with Crippen LogP contribution in [-0.4, -0.2) is 36.9 Å². The van der Waals surface area contributed by atoms with Crippen LogP contribution in [0.1, 0.15) is 45.4 Å². The lowest BCUT2D eigenvalue weighted by Crippen LogP contribution is -2.13. The van der Waals surface area contributed by atoms with Crippen molar-refractivity contribution in [3.63, 3.8) is 0 Å². The number of hydrogen-bond donors (Lipinski definition) is 1. The van der Waals surface area contributed by atoms with Crippen LogP contribution in [0, 0.1) is 5.92 Å². The van der Waals surface area contributed by atoms with Crippen molar-refractivity contribution in [1.29, 1.82) is 0 Å². The summed E-state index contributed by atoms with van der Waals surface area (Å²) in [7, 11) is 0. The van der Waals surface area contributed by atoms with Gasteiger partial charge >= 0.3 is 5.97 Å². The molecule has 0 amide bonds. The number of ether oxygens (including phenoxy) is 1. The highest BCUT2D eigenvalue weighted by atomic mass is 16.5. The molecule has 18 heavy (non-hydrogen) atoms. The quantitative estimate of drug-likeness (QED) is 0.536. The van der Waals surface area contributed by atoms with E-state index in [0.717, 1.165) is 18.9 Å². The number of rotatable bonds is 8. The van der Waals surface area contributed by atoms with E-state index in [-0.39, 0.29) is 0 Å². The van der Waals surface area contributed by atoms with Gasteiger partial charge in [-0.05, 0) is 19.3 Å². The second-order valence-corrected chi connectivity index (χ2v) is 4.90. The molecular formula is C13H24N2O3. The summed E-state index contributed by atoms with van der Waals surface area (Å²) in [6, 6.07) is -0.757. The maximum absolute atomic E-state index is 10.5. The molecule has 5 nitrogen and oxygen atoms in total. The Labute approximate surface area is 109 Å². The molecule has 1 N–H and O–H groups in total. The van der Waals surface area contributed by atoms with Crippen LogP contribution < -0.4 is 0 Å². The van der Waals surface area contributed by atoms with Gasteiger partial charge in [0.1, 0.15) is 0 Å². The zero-order valence-electron chi connectivity index (χ0n) is 11.2. The van der Waals surface area contributed by atoms with E-state index in [1.54, 1.807) is 0 Å². The summed E-state index contributed by atoms with van der Waals surface area (Å²) in [6.45, 7) is 3.27. The average Bonchev–Trinajstić information content (AvgIpc) is 2.38. The number of carboxylic acid groups (broad SMARTS) is 1. The predicted molar refractivity (Wildman–Crippen MR) is 68.8 cm³/mol. The third-order valence-corrected chi connectivity index (χ3v) is 3.34. The van der Waals surface area contributed by atoms with Gasteiger partial charge in [-0.3, -0.25) is 0 Å². The standard InChI is InChI=1S/C13H24N2O3/c1-11(13(16)17)15-14-8-10-18-9-7-12-5-3-2-4-6-12/h11-12H,2-10H2,1H3,(H,16,17). The molecule has 104 valence electrons. The lowest BCUT2D eigenvalue weighted by Gasteiger charge is -2.21. The summed E-state index contributed by atoms with van der Waals surface area (Å²) in [6.07, 6.45) is 7.96. The van der Waals surface area contributed by atoms with Crippen LogP contribution in [0.15, 0.2) is 10.2 Å². The molecule has 1 unspecified atom stereocenters. The molecule has 0 bridgehead atoms. The van der Waals surface area contributed by atoms with Crippen molar-refractivity contribution in [2.45, 2.75) is 51.5 Å². The minimum atomic E-state index is -0.947. The van der Waals surface area contributed by atoms with Crippen LogP contribution in [0.2, 0.25) is 0 Å². The van der Waals surface area contributed by atoms with Crippen molar-refractivity contribution in [3.05, 3.63) is 0 Å². The Morgan fingerprint density at radius 1 is 1.33 bits per heavy atom. The minimum Gasteiger partial charge on any atom is -0.480 e. The van der Waals surface area contributed by atoms with Crippen molar-refractivity contribution in [1.82, 2.24) is 0 Å². The zero-order chi connectivity index (χ0) is 13.2. The first-order valence-corrected chi connectivity index (χ1v) is 6.87. The molecule has 1 aliphatic carbocycles. The molecule has 0 aromatic heterocycles. The number of carbonyl (C=O) groups is 1. The highest BCUT2D eigenvalue weighted by molar-refractivity contribution is 5.72. The molecule has 0 aromatic carbocycles. The number of carboxylic acids is 1. The molecule has 0 heterocycles. The van der Waals surface area contributed by atoms with Gasteiger partial charge in [0, 0.05) is 6.61 Å². The van der Waals surface area contributed by atoms with Gasteiger partial charge in [-0.2, -0.15) is 10.2 Å². The van der Waals surface area contributed by atoms with E-state index in [1.807, 2.05) is 0 Å². The normalized spacial score (nSPS) is 19.2. The van der Waals surface area contributed by atoms with Crippen LogP contribution in [0.5, 0.6) is 0 Å². The van der Waals surface area contributed by atoms with Crippen LogP contribution in [0.4, 0.5) is 0 Å². The number of nitrogens with zero attached hydrogens (tertiary/aromatic N) is 2. The van der Waals surface area contributed by atoms with Crippen molar-refractivity contribution in [2.75, 3.05) is 19.8 Å². The molecule has 5 heteroatoms. The molecule has 1 fully saturated rings. The highest BCUT2D eigenvalue weighted by Crippen LogP contribution is 2.25. The van der Waals surface area contributed by atoms with E-state index in [1.165, 1.54) is 39.0 Å². The fourth-order valence-corrected chi connectivity index (χ4v) is 2.16. The zero-order valence-corrected chi connectivity index (χ0v) is 11.2. The lowest BCUT2D eigenvalue weighted by molar-refractivity contribution is -0.138. The van der Waals surface area contributed by atoms with Crippen molar-refractivity contribution < 1.29 is 14.6 Å². The molecule has 0 saturated heterocycles. The summed E-state index contributed by atoms with van der Waals surface area (Å²) < 4.78 is 5.48. The van der Waals surface area contributed by atoms with Gasteiger partial charge in [0.15, 0.2) is 6.04 Å². The molecule has 1 rings (SSSR count). The Morgan fingerprint density at radius 3 is 2.72 bits per heavy atom. The molecule has 1 saturated carbocycles. The number of azo groups is 1. The maximum atomic E-state index is 10.5. The lowest BCUT2D eigenvalue weighted by atomic mass is 9.87. The van der Waals surface area contributed by atoms with Crippen LogP contribution >= 0.6 is 0 Å². The van der Waals surface area contributed by atoms with Gasteiger partial charge in [0.2, 0.25) is 0 Å². The first-order chi connectivity index (χ1) is 8.70. The monoisotopic (exact) mass is 256 g/mol. The van der Waals surface area contributed by atoms with Gasteiger partial charge in [-0.15, -0.1) is 0 Å². The van der Waals surface area contributed by atoms with Gasteiger partial charge in [-0.25, -0.2) is 4.79 Å². The van der Waals surface area contributed by atoms with E-state index < -0.39 is 12.0 Å². The van der Waals surface area contributed by atoms with Gasteiger partial charge < -0.3 is 9.84 Å². The summed E-state index contributed by atoms with van der Waals surface area (Å²) in [5.74, 6) is -0.107. The molecule has 1 aliphatic rings. The Balaban J connectivity index is 1.93. The number of aliphatic carboxylic acids is 1. The Bertz CT molecular complexity index is 263. The Kier molecular flexibility index (Phi) is 7.57. The smallest absolute Gasteiger partial charge is 0.330 e. The topological polar surface area (TPSA) is 71.2 Å². The van der Waals surface area contributed by atoms with Crippen molar-refractivity contribution >= 4 is 5.97 Å². The van der Waals surface area contributed by atoms with Crippen LogP contribution in [0.3, 0.4) is 0 Å². The summed E-state index contributed by atoms with van der Waals surface area (Å²) in [5.41, 5.74) is 0. The second-order valence-electron chi connectivity index (χ2n) is 4.90. The van der Waals surface area contributed by atoms with Crippen LogP contribution in [-0.2, 0) is 9.53 Å². The maximum Gasteiger partial charge on any atom is 0.330 e. The Hall–Kier alpha value is -0.970. The molecule has 0 spiro atoms. The molecular weight excluding hydrogens is 232 g/mol. The predicted octanol–water partition coefficient (Wildman–Crippen LogP) is 2.90. The third-order valence-electron chi connectivity index (χ3n) is 3.34. The first-order valence-electron chi connectivity index (χ1n) is 6.87. The summed E-state index contributed by atoms with van der Waals surface area (Å²) in [4.78, 5) is 10.5. The average molecular weight is 256 g/mol. The minimum absolute atomic E-state index is 0.447. The van der Waals surface area contributed by atoms with E-state index in [0.29, 0.717) is 13.2 Å². The second kappa shape index (κ2) is 9.03. The molecule has 1 atom stereocenters. The van der Waals surface area contributed by atoms with Gasteiger partial charge in [0.05, 0.1) is 13.2 Å². The number of hydrogen-bond acceptors (Lipinski definition) is 4. The Morgan fingerprint density at radius 2 is 2.06 bits per heavy atom. The van der Waals surface area contributed by atoms with Gasteiger partial charge in [0.25, 0.3) is 0 Å². The fraction of sp³-hybridized carbons (Fsp3) is 0.923. The van der Waals surface area contributed by atoms with E-state index >= 15 is 0 Å². The summed E-state index contributed by atoms with van der Waals surface area (Å²) in [5, 5.41) is 16.0. The van der Waals surface area contributed by atoms with Crippen molar-refractivity contribution in [3.8, 4) is 0 Å². The first kappa shape index (κ1) is 15.1. The molecule has 0 radical (unpaired) electrons. The van der Waals surface area contributed by atoms with Crippen molar-refractivity contribution in [2.24, 2.45) is 16.1 Å². The molecule has 0 aliphatic heterocycles. The van der Waals surface area contributed by atoms with E-state index in [2.05, 4.69) is 10.2 Å². The van der Waals surface area contributed by atoms with Gasteiger partial charge in [-0.1, -0.05) is 32.1 Å². The highest BCUT2D eigenvalue weighted by Gasteiger charge is 2.12. The van der Waals surface area contributed by atoms with E-state index in [4.69, 9.17) is 9.84 Å². The fourth-order valence-electron chi connectivity index (χ4n) is 2.16. The molecule has 0 aromatic rings. The van der Waals surface area contributed by atoms with E-state index in [9.17, 15) is 4.79 Å². The third kappa shape index (κ3) is 6.69. The summed E-state index contributed by atoms with van der Waals surface area (Å²) >= 11 is 0. The largest absolute Gasteiger partial charge is 0.480 e. The van der Waals surface area contributed by atoms with Crippen LogP contribution in [0.25, 0.3) is 0 Å².